The van der Waals surface area contributed by atoms with Gasteiger partial charge in [-0.25, -0.2) is 8.42 Å². The van der Waals surface area contributed by atoms with Crippen LogP contribution in [0.15, 0.2) is 47.4 Å². The van der Waals surface area contributed by atoms with Gasteiger partial charge in [-0.3, -0.25) is 9.10 Å². The number of carbonyl (C=O) groups is 1. The van der Waals surface area contributed by atoms with Crippen molar-refractivity contribution in [3.63, 3.8) is 0 Å². The molecule has 0 aliphatic rings. The van der Waals surface area contributed by atoms with Crippen LogP contribution < -0.4 is 9.04 Å². The van der Waals surface area contributed by atoms with E-state index in [-0.39, 0.29) is 9.92 Å². The van der Waals surface area contributed by atoms with Crippen LogP contribution in [0, 0.1) is 0 Å². The number of nitrogens with zero attached hydrogens (tertiary/aromatic N) is 1. The first-order valence-corrected chi connectivity index (χ1v) is 9.43. The first kappa shape index (κ1) is 21.8. The van der Waals surface area contributed by atoms with Gasteiger partial charge < -0.3 is 9.47 Å². The van der Waals surface area contributed by atoms with E-state index in [0.29, 0.717) is 22.2 Å². The topological polar surface area (TPSA) is 72.9 Å². The van der Waals surface area contributed by atoms with Crippen LogP contribution in [-0.4, -0.2) is 35.2 Å². The average molecular weight is 438 g/mol. The standard InChI is InChI=1S/C17H15ClF3NO5S/c1-26-12-4-6-13(7-5-12)28(24,25)22(10-16(23)27-2)15-9-11(17(19,20)21)3-8-14(15)18/h3-9H,10H2,1-2H3. The summed E-state index contributed by atoms with van der Waals surface area (Å²) in [6.07, 6.45) is -4.74. The highest BCUT2D eigenvalue weighted by Gasteiger charge is 2.34. The van der Waals surface area contributed by atoms with Crippen LogP contribution in [-0.2, 0) is 25.7 Å². The van der Waals surface area contributed by atoms with Gasteiger partial charge in [0.15, 0.2) is 0 Å². The number of carbonyl (C=O) groups excluding carboxylic acids is 1. The Bertz CT molecular complexity index is 962. The van der Waals surface area contributed by atoms with Crippen molar-refractivity contribution in [1.82, 2.24) is 0 Å². The van der Waals surface area contributed by atoms with Crippen molar-refractivity contribution in [3.05, 3.63) is 53.1 Å². The number of alkyl halides is 3. The Balaban J connectivity index is 2.63. The summed E-state index contributed by atoms with van der Waals surface area (Å²) in [5.74, 6) is -0.610. The maximum atomic E-state index is 13.1. The molecule has 2 aromatic rings. The summed E-state index contributed by atoms with van der Waals surface area (Å²) in [5, 5.41) is -0.283. The molecule has 0 aliphatic heterocycles. The first-order valence-electron chi connectivity index (χ1n) is 7.61. The lowest BCUT2D eigenvalue weighted by Crippen LogP contribution is -2.36. The normalized spacial score (nSPS) is 11.8. The molecular formula is C17H15ClF3NO5S. The van der Waals surface area contributed by atoms with Gasteiger partial charge in [0.1, 0.15) is 12.3 Å². The van der Waals surface area contributed by atoms with E-state index in [4.69, 9.17) is 16.3 Å². The molecule has 0 radical (unpaired) electrons. The maximum absolute atomic E-state index is 13.1. The quantitative estimate of drug-likeness (QED) is 0.644. The monoisotopic (exact) mass is 437 g/mol. The minimum Gasteiger partial charge on any atom is -0.497 e. The number of anilines is 1. The fourth-order valence-electron chi connectivity index (χ4n) is 2.24. The molecule has 0 atom stereocenters. The van der Waals surface area contributed by atoms with E-state index in [1.165, 1.54) is 31.4 Å². The van der Waals surface area contributed by atoms with Gasteiger partial charge in [-0.1, -0.05) is 11.6 Å². The Labute approximate surface area is 164 Å². The Morgan fingerprint density at radius 1 is 1.11 bits per heavy atom. The molecule has 0 saturated carbocycles. The summed E-state index contributed by atoms with van der Waals surface area (Å²) in [4.78, 5) is 11.5. The molecule has 28 heavy (non-hydrogen) atoms. The number of sulfonamides is 1. The number of esters is 1. The SMILES string of the molecule is COC(=O)CN(c1cc(C(F)(F)F)ccc1Cl)S(=O)(=O)c1ccc(OC)cc1. The fourth-order valence-corrected chi connectivity index (χ4v) is 3.93. The van der Waals surface area contributed by atoms with E-state index < -0.39 is 40.0 Å². The summed E-state index contributed by atoms with van der Waals surface area (Å²) in [5.41, 5.74) is -1.62. The average Bonchev–Trinajstić information content (AvgIpc) is 2.65. The minimum absolute atomic E-state index is 0.273. The van der Waals surface area contributed by atoms with Crippen molar-refractivity contribution in [3.8, 4) is 5.75 Å². The zero-order valence-electron chi connectivity index (χ0n) is 14.7. The van der Waals surface area contributed by atoms with Crippen molar-refractivity contribution in [2.75, 3.05) is 25.1 Å². The van der Waals surface area contributed by atoms with E-state index in [0.717, 1.165) is 13.2 Å². The molecule has 0 N–H and O–H groups in total. The number of ether oxygens (including phenoxy) is 2. The van der Waals surface area contributed by atoms with Crippen molar-refractivity contribution in [2.45, 2.75) is 11.1 Å². The molecule has 6 nitrogen and oxygen atoms in total. The molecule has 2 aromatic carbocycles. The third kappa shape index (κ3) is 4.68. The number of hydrogen-bond donors (Lipinski definition) is 0. The van der Waals surface area contributed by atoms with Crippen LogP contribution in [0.25, 0.3) is 0 Å². The lowest BCUT2D eigenvalue weighted by atomic mass is 10.2. The minimum atomic E-state index is -4.74. The molecule has 0 saturated heterocycles. The van der Waals surface area contributed by atoms with Crippen LogP contribution in [0.5, 0.6) is 5.75 Å². The predicted octanol–water partition coefficient (Wildman–Crippen LogP) is 3.74. The summed E-state index contributed by atoms with van der Waals surface area (Å²) in [6.45, 7) is -0.869. The number of methoxy groups -OCH3 is 2. The molecule has 0 aromatic heterocycles. The van der Waals surface area contributed by atoms with Crippen LogP contribution >= 0.6 is 11.6 Å². The van der Waals surface area contributed by atoms with E-state index in [1.807, 2.05) is 0 Å². The highest BCUT2D eigenvalue weighted by Crippen LogP contribution is 2.37. The van der Waals surface area contributed by atoms with Gasteiger partial charge >= 0.3 is 12.1 Å². The van der Waals surface area contributed by atoms with E-state index in [1.54, 1.807) is 0 Å². The summed E-state index contributed by atoms with van der Waals surface area (Å²) in [7, 11) is -2.04. The van der Waals surface area contributed by atoms with Gasteiger partial charge in [-0.15, -0.1) is 0 Å². The maximum Gasteiger partial charge on any atom is 0.416 e. The largest absolute Gasteiger partial charge is 0.497 e. The second-order valence-corrected chi connectivity index (χ2v) is 7.70. The molecule has 152 valence electrons. The lowest BCUT2D eigenvalue weighted by molar-refractivity contribution is -0.139. The number of rotatable bonds is 6. The van der Waals surface area contributed by atoms with Gasteiger partial charge in [-0.05, 0) is 42.5 Å². The number of halogens is 4. The molecule has 0 unspecified atom stereocenters. The molecule has 0 aliphatic carbocycles. The van der Waals surface area contributed by atoms with Crippen LogP contribution in [0.3, 0.4) is 0 Å². The highest BCUT2D eigenvalue weighted by atomic mass is 35.5. The molecule has 0 heterocycles. The molecular weight excluding hydrogens is 423 g/mol. The second kappa shape index (κ2) is 8.27. The van der Waals surface area contributed by atoms with Gasteiger partial charge in [-0.2, -0.15) is 13.2 Å². The number of hydrogen-bond acceptors (Lipinski definition) is 5. The Morgan fingerprint density at radius 3 is 2.21 bits per heavy atom. The molecule has 2 rings (SSSR count). The van der Waals surface area contributed by atoms with Crippen molar-refractivity contribution in [1.29, 1.82) is 0 Å². The third-order valence-electron chi connectivity index (χ3n) is 3.69. The summed E-state index contributed by atoms with van der Waals surface area (Å²) >= 11 is 5.96. The molecule has 0 fully saturated rings. The second-order valence-electron chi connectivity index (χ2n) is 5.43. The van der Waals surface area contributed by atoms with Crippen LogP contribution in [0.1, 0.15) is 5.56 Å². The summed E-state index contributed by atoms with van der Waals surface area (Å²) in [6, 6.07) is 7.29. The van der Waals surface area contributed by atoms with E-state index >= 15 is 0 Å². The molecule has 0 bridgehead atoms. The molecule has 11 heteroatoms. The smallest absolute Gasteiger partial charge is 0.416 e. The first-order chi connectivity index (χ1) is 13.0. The summed E-state index contributed by atoms with van der Waals surface area (Å²) < 4.78 is 75.2. The van der Waals surface area contributed by atoms with Crippen molar-refractivity contribution < 1.29 is 35.9 Å². The number of benzene rings is 2. The third-order valence-corrected chi connectivity index (χ3v) is 5.78. The Kier molecular flexibility index (Phi) is 6.45. The van der Waals surface area contributed by atoms with Crippen LogP contribution in [0.4, 0.5) is 18.9 Å². The van der Waals surface area contributed by atoms with Gasteiger partial charge in [0.25, 0.3) is 10.0 Å². The molecule has 0 amide bonds. The van der Waals surface area contributed by atoms with Gasteiger partial charge in [0, 0.05) is 0 Å². The van der Waals surface area contributed by atoms with Crippen molar-refractivity contribution in [2.24, 2.45) is 0 Å². The lowest BCUT2D eigenvalue weighted by Gasteiger charge is -2.25. The fraction of sp³-hybridized carbons (Fsp3) is 0.235. The zero-order valence-corrected chi connectivity index (χ0v) is 16.2. The van der Waals surface area contributed by atoms with E-state index in [2.05, 4.69) is 4.74 Å². The zero-order chi connectivity index (χ0) is 21.1. The van der Waals surface area contributed by atoms with Gasteiger partial charge in [0.05, 0.1) is 35.4 Å². The van der Waals surface area contributed by atoms with Crippen molar-refractivity contribution >= 4 is 33.3 Å². The van der Waals surface area contributed by atoms with Crippen LogP contribution in [0.2, 0.25) is 5.02 Å². The Hall–Kier alpha value is -2.46. The molecule has 0 spiro atoms. The van der Waals surface area contributed by atoms with Gasteiger partial charge in [0.2, 0.25) is 0 Å². The Morgan fingerprint density at radius 2 is 1.71 bits per heavy atom. The predicted molar refractivity (Wildman–Crippen MR) is 96.0 cm³/mol. The highest BCUT2D eigenvalue weighted by molar-refractivity contribution is 7.92. The van der Waals surface area contributed by atoms with E-state index in [9.17, 15) is 26.4 Å².